The molecule has 0 saturated carbocycles. The topological polar surface area (TPSA) is 92.5 Å². The van der Waals surface area contributed by atoms with Crippen molar-refractivity contribution in [2.75, 3.05) is 13.6 Å². The minimum Gasteiger partial charge on any atom is -0.351 e. The van der Waals surface area contributed by atoms with E-state index in [0.717, 1.165) is 18.5 Å². The van der Waals surface area contributed by atoms with Crippen molar-refractivity contribution < 1.29 is 17.7 Å². The SMILES string of the molecule is CN(CCc1ccccc1)Cc1ccc(S(=O)(=O)NC(=O)c2ccno2)cc1. The van der Waals surface area contributed by atoms with Crippen LogP contribution in [0.2, 0.25) is 0 Å². The van der Waals surface area contributed by atoms with Gasteiger partial charge in [-0.25, -0.2) is 13.1 Å². The first kappa shape index (κ1) is 19.8. The van der Waals surface area contributed by atoms with Crippen molar-refractivity contribution >= 4 is 15.9 Å². The Bertz CT molecular complexity index is 1000. The Morgan fingerprint density at radius 2 is 1.75 bits per heavy atom. The van der Waals surface area contributed by atoms with Gasteiger partial charge in [0.05, 0.1) is 11.1 Å². The fraction of sp³-hybridized carbons (Fsp3) is 0.200. The predicted octanol–water partition coefficient (Wildman–Crippen LogP) is 2.47. The first-order chi connectivity index (χ1) is 13.4. The fourth-order valence-corrected chi connectivity index (χ4v) is 3.65. The summed E-state index contributed by atoms with van der Waals surface area (Å²) >= 11 is 0. The highest BCUT2D eigenvalue weighted by molar-refractivity contribution is 7.90. The first-order valence-electron chi connectivity index (χ1n) is 8.73. The van der Waals surface area contributed by atoms with Crippen molar-refractivity contribution in [3.63, 3.8) is 0 Å². The number of hydrogen-bond donors (Lipinski definition) is 1. The van der Waals surface area contributed by atoms with Crippen LogP contribution in [0.5, 0.6) is 0 Å². The number of hydrogen-bond acceptors (Lipinski definition) is 6. The van der Waals surface area contributed by atoms with Gasteiger partial charge in [0.1, 0.15) is 0 Å². The van der Waals surface area contributed by atoms with Gasteiger partial charge >= 0.3 is 5.91 Å². The zero-order valence-electron chi connectivity index (χ0n) is 15.4. The number of benzene rings is 2. The number of sulfonamides is 1. The number of rotatable bonds is 8. The lowest BCUT2D eigenvalue weighted by molar-refractivity contribution is 0.0945. The Morgan fingerprint density at radius 3 is 2.39 bits per heavy atom. The number of nitrogens with zero attached hydrogens (tertiary/aromatic N) is 2. The van der Waals surface area contributed by atoms with Gasteiger partial charge in [0.25, 0.3) is 10.0 Å². The normalized spacial score (nSPS) is 11.5. The number of amides is 1. The van der Waals surface area contributed by atoms with Crippen LogP contribution in [-0.4, -0.2) is 38.0 Å². The highest BCUT2D eigenvalue weighted by Crippen LogP contribution is 2.13. The Balaban J connectivity index is 1.57. The van der Waals surface area contributed by atoms with Crippen molar-refractivity contribution in [3.05, 3.63) is 83.7 Å². The van der Waals surface area contributed by atoms with Crippen molar-refractivity contribution in [2.24, 2.45) is 0 Å². The molecule has 2 aromatic carbocycles. The quantitative estimate of drug-likeness (QED) is 0.626. The van der Waals surface area contributed by atoms with E-state index in [1.807, 2.05) is 30.0 Å². The van der Waals surface area contributed by atoms with E-state index in [9.17, 15) is 13.2 Å². The molecule has 0 aliphatic rings. The summed E-state index contributed by atoms with van der Waals surface area (Å²) in [5, 5.41) is 3.38. The second-order valence-corrected chi connectivity index (χ2v) is 8.11. The lowest BCUT2D eigenvalue weighted by Gasteiger charge is -2.17. The molecule has 1 heterocycles. The van der Waals surface area contributed by atoms with E-state index in [1.54, 1.807) is 12.1 Å². The number of aromatic nitrogens is 1. The molecule has 3 aromatic rings. The summed E-state index contributed by atoms with van der Waals surface area (Å²) in [6, 6.07) is 18.0. The van der Waals surface area contributed by atoms with Gasteiger partial charge < -0.3 is 9.42 Å². The molecule has 0 bridgehead atoms. The number of carbonyl (C=O) groups is 1. The third-order valence-corrected chi connectivity index (χ3v) is 5.55. The fourth-order valence-electron chi connectivity index (χ4n) is 2.69. The summed E-state index contributed by atoms with van der Waals surface area (Å²) in [7, 11) is -1.96. The molecular weight excluding hydrogens is 378 g/mol. The molecule has 8 heteroatoms. The highest BCUT2D eigenvalue weighted by Gasteiger charge is 2.20. The molecular formula is C20H21N3O4S. The van der Waals surface area contributed by atoms with E-state index >= 15 is 0 Å². The molecule has 1 amide bonds. The van der Waals surface area contributed by atoms with Crippen LogP contribution < -0.4 is 4.72 Å². The Labute approximate surface area is 164 Å². The van der Waals surface area contributed by atoms with Gasteiger partial charge in [-0.15, -0.1) is 0 Å². The van der Waals surface area contributed by atoms with Crippen LogP contribution in [0, 0.1) is 0 Å². The van der Waals surface area contributed by atoms with Crippen LogP contribution in [-0.2, 0) is 23.0 Å². The van der Waals surface area contributed by atoms with E-state index in [-0.39, 0.29) is 10.7 Å². The maximum atomic E-state index is 12.3. The standard InChI is InChI=1S/C20H21N3O4S/c1-23(14-12-16-5-3-2-4-6-16)15-17-7-9-18(10-8-17)28(25,26)22-20(24)19-11-13-21-27-19/h2-11,13H,12,14-15H2,1H3,(H,22,24). The summed E-state index contributed by atoms with van der Waals surface area (Å²) in [6.45, 7) is 1.58. The smallest absolute Gasteiger partial charge is 0.303 e. The van der Waals surface area contributed by atoms with Crippen molar-refractivity contribution in [2.45, 2.75) is 17.9 Å². The average Bonchev–Trinajstić information content (AvgIpc) is 3.22. The molecule has 3 rings (SSSR count). The molecule has 0 unspecified atom stereocenters. The van der Waals surface area contributed by atoms with Gasteiger partial charge in [0.2, 0.25) is 5.76 Å². The van der Waals surface area contributed by atoms with E-state index in [1.165, 1.54) is 30.0 Å². The molecule has 0 aliphatic heterocycles. The van der Waals surface area contributed by atoms with E-state index in [2.05, 4.69) is 26.7 Å². The van der Waals surface area contributed by atoms with Gasteiger partial charge in [-0.05, 0) is 36.7 Å². The molecule has 7 nitrogen and oxygen atoms in total. The van der Waals surface area contributed by atoms with Crippen molar-refractivity contribution in [3.8, 4) is 0 Å². The van der Waals surface area contributed by atoms with Gasteiger partial charge in [-0.2, -0.15) is 0 Å². The third-order valence-electron chi connectivity index (χ3n) is 4.20. The van der Waals surface area contributed by atoms with Gasteiger partial charge in [-0.1, -0.05) is 47.6 Å². The van der Waals surface area contributed by atoms with Crippen LogP contribution in [0.3, 0.4) is 0 Å². The van der Waals surface area contributed by atoms with Crippen LogP contribution in [0.15, 0.2) is 76.3 Å². The molecule has 0 spiro atoms. The van der Waals surface area contributed by atoms with Gasteiger partial charge in [-0.3, -0.25) is 4.79 Å². The molecule has 0 aliphatic carbocycles. The lowest BCUT2D eigenvalue weighted by atomic mass is 10.1. The minimum absolute atomic E-state index is 0.0102. The molecule has 146 valence electrons. The van der Waals surface area contributed by atoms with Gasteiger partial charge in [0, 0.05) is 19.2 Å². The molecule has 1 aromatic heterocycles. The van der Waals surface area contributed by atoms with E-state index in [0.29, 0.717) is 6.54 Å². The van der Waals surface area contributed by atoms with Crippen LogP contribution in [0.4, 0.5) is 0 Å². The molecule has 28 heavy (non-hydrogen) atoms. The van der Waals surface area contributed by atoms with Crippen LogP contribution in [0.1, 0.15) is 21.7 Å². The Hall–Kier alpha value is -2.97. The third kappa shape index (κ3) is 5.28. The zero-order chi connectivity index (χ0) is 20.0. The molecule has 0 radical (unpaired) electrons. The maximum Gasteiger partial charge on any atom is 0.303 e. The second kappa shape index (κ2) is 8.81. The summed E-state index contributed by atoms with van der Waals surface area (Å²) in [6.07, 6.45) is 2.21. The predicted molar refractivity (Wildman–Crippen MR) is 104 cm³/mol. The van der Waals surface area contributed by atoms with E-state index in [4.69, 9.17) is 0 Å². The zero-order valence-corrected chi connectivity index (χ0v) is 16.2. The number of carbonyl (C=O) groups excluding carboxylic acids is 1. The summed E-state index contributed by atoms with van der Waals surface area (Å²) in [4.78, 5) is 14.0. The Morgan fingerprint density at radius 1 is 1.04 bits per heavy atom. The maximum absolute atomic E-state index is 12.3. The number of nitrogens with one attached hydrogen (secondary N) is 1. The number of likely N-dealkylation sites (N-methyl/N-ethyl adjacent to an activating group) is 1. The lowest BCUT2D eigenvalue weighted by Crippen LogP contribution is -2.30. The van der Waals surface area contributed by atoms with Crippen LogP contribution in [0.25, 0.3) is 0 Å². The molecule has 0 atom stereocenters. The summed E-state index contributed by atoms with van der Waals surface area (Å²) in [5.41, 5.74) is 2.26. The average molecular weight is 399 g/mol. The van der Waals surface area contributed by atoms with Crippen LogP contribution >= 0.6 is 0 Å². The molecule has 0 saturated heterocycles. The summed E-state index contributed by atoms with van der Waals surface area (Å²) in [5.74, 6) is -1.03. The van der Waals surface area contributed by atoms with Crippen molar-refractivity contribution in [1.82, 2.24) is 14.8 Å². The first-order valence-corrected chi connectivity index (χ1v) is 10.2. The van der Waals surface area contributed by atoms with Gasteiger partial charge in [0.15, 0.2) is 0 Å². The second-order valence-electron chi connectivity index (χ2n) is 6.43. The largest absolute Gasteiger partial charge is 0.351 e. The molecule has 0 fully saturated rings. The highest BCUT2D eigenvalue weighted by atomic mass is 32.2. The molecule has 1 N–H and O–H groups in total. The summed E-state index contributed by atoms with van der Waals surface area (Å²) < 4.78 is 31.3. The monoisotopic (exact) mass is 399 g/mol. The van der Waals surface area contributed by atoms with E-state index < -0.39 is 15.9 Å². The van der Waals surface area contributed by atoms with Crippen molar-refractivity contribution in [1.29, 1.82) is 0 Å². The Kier molecular flexibility index (Phi) is 6.23. The minimum atomic E-state index is -3.98.